The molecule has 1 atom stereocenters. The Bertz CT molecular complexity index is 285. The molecule has 0 amide bonds. The SMILES string of the molecule is CCCCCCOC(CCCC)CCn1ccnc1. The van der Waals surface area contributed by atoms with Crippen molar-refractivity contribution in [2.24, 2.45) is 0 Å². The summed E-state index contributed by atoms with van der Waals surface area (Å²) in [7, 11) is 0. The fourth-order valence-corrected chi connectivity index (χ4v) is 2.23. The molecule has 1 heterocycles. The van der Waals surface area contributed by atoms with Gasteiger partial charge in [0.05, 0.1) is 12.4 Å². The van der Waals surface area contributed by atoms with Crippen LogP contribution in [0, 0.1) is 0 Å². The van der Waals surface area contributed by atoms with E-state index in [4.69, 9.17) is 4.74 Å². The molecular formula is C16H30N2O. The number of aryl methyl sites for hydroxylation is 1. The second-order valence-corrected chi connectivity index (χ2v) is 5.28. The maximum absolute atomic E-state index is 6.06. The second kappa shape index (κ2) is 11.0. The van der Waals surface area contributed by atoms with Crippen molar-refractivity contribution in [1.82, 2.24) is 9.55 Å². The van der Waals surface area contributed by atoms with Gasteiger partial charge in [-0.1, -0.05) is 46.0 Å². The summed E-state index contributed by atoms with van der Waals surface area (Å²) in [6.45, 7) is 6.44. The van der Waals surface area contributed by atoms with Gasteiger partial charge in [-0.05, 0) is 19.3 Å². The van der Waals surface area contributed by atoms with Crippen molar-refractivity contribution in [1.29, 1.82) is 0 Å². The molecule has 1 aromatic heterocycles. The molecule has 0 radical (unpaired) electrons. The largest absolute Gasteiger partial charge is 0.378 e. The minimum Gasteiger partial charge on any atom is -0.378 e. The first-order valence-corrected chi connectivity index (χ1v) is 7.94. The number of hydrogen-bond donors (Lipinski definition) is 0. The molecule has 0 N–H and O–H groups in total. The van der Waals surface area contributed by atoms with E-state index in [2.05, 4.69) is 23.4 Å². The summed E-state index contributed by atoms with van der Waals surface area (Å²) >= 11 is 0. The first kappa shape index (κ1) is 16.2. The lowest BCUT2D eigenvalue weighted by atomic mass is 10.1. The summed E-state index contributed by atoms with van der Waals surface area (Å²) in [5.41, 5.74) is 0. The Morgan fingerprint density at radius 1 is 1.05 bits per heavy atom. The lowest BCUT2D eigenvalue weighted by Crippen LogP contribution is -2.16. The van der Waals surface area contributed by atoms with Crippen molar-refractivity contribution >= 4 is 0 Å². The van der Waals surface area contributed by atoms with Gasteiger partial charge in [0.25, 0.3) is 0 Å². The number of hydrogen-bond acceptors (Lipinski definition) is 2. The molecular weight excluding hydrogens is 236 g/mol. The summed E-state index contributed by atoms with van der Waals surface area (Å²) in [5.74, 6) is 0. The van der Waals surface area contributed by atoms with Crippen LogP contribution in [-0.2, 0) is 11.3 Å². The van der Waals surface area contributed by atoms with Crippen LogP contribution in [0.15, 0.2) is 18.7 Å². The Balaban J connectivity index is 2.18. The van der Waals surface area contributed by atoms with E-state index < -0.39 is 0 Å². The first-order chi connectivity index (χ1) is 9.36. The summed E-state index contributed by atoms with van der Waals surface area (Å²) in [5, 5.41) is 0. The highest BCUT2D eigenvalue weighted by molar-refractivity contribution is 4.74. The van der Waals surface area contributed by atoms with Crippen LogP contribution >= 0.6 is 0 Å². The molecule has 0 saturated heterocycles. The molecule has 19 heavy (non-hydrogen) atoms. The minimum absolute atomic E-state index is 0.420. The van der Waals surface area contributed by atoms with Gasteiger partial charge in [0.15, 0.2) is 0 Å². The van der Waals surface area contributed by atoms with Crippen LogP contribution in [-0.4, -0.2) is 22.3 Å². The number of rotatable bonds is 12. The monoisotopic (exact) mass is 266 g/mol. The van der Waals surface area contributed by atoms with Crippen LogP contribution in [0.4, 0.5) is 0 Å². The van der Waals surface area contributed by atoms with Crippen LogP contribution in [0.1, 0.15) is 65.2 Å². The number of unbranched alkanes of at least 4 members (excludes halogenated alkanes) is 4. The van der Waals surface area contributed by atoms with Crippen LogP contribution in [0.5, 0.6) is 0 Å². The summed E-state index contributed by atoms with van der Waals surface area (Å²) in [4.78, 5) is 4.08. The minimum atomic E-state index is 0.420. The number of ether oxygens (including phenoxy) is 1. The number of nitrogens with zero attached hydrogens (tertiary/aromatic N) is 2. The van der Waals surface area contributed by atoms with E-state index >= 15 is 0 Å². The van der Waals surface area contributed by atoms with Crippen molar-refractivity contribution in [3.05, 3.63) is 18.7 Å². The maximum Gasteiger partial charge on any atom is 0.0945 e. The molecule has 3 heteroatoms. The van der Waals surface area contributed by atoms with E-state index in [0.29, 0.717) is 6.10 Å². The molecule has 0 aliphatic carbocycles. The predicted octanol–water partition coefficient (Wildman–Crippen LogP) is 4.43. The molecule has 0 fully saturated rings. The number of imidazole rings is 1. The van der Waals surface area contributed by atoms with E-state index in [-0.39, 0.29) is 0 Å². The van der Waals surface area contributed by atoms with Gasteiger partial charge in [-0.25, -0.2) is 4.98 Å². The Labute approximate surface area is 118 Å². The van der Waals surface area contributed by atoms with Crippen LogP contribution in [0.25, 0.3) is 0 Å². The fourth-order valence-electron chi connectivity index (χ4n) is 2.23. The third kappa shape index (κ3) is 8.04. The summed E-state index contributed by atoms with van der Waals surface area (Å²) in [6.07, 6.45) is 16.1. The Hall–Kier alpha value is -0.830. The van der Waals surface area contributed by atoms with E-state index in [9.17, 15) is 0 Å². The van der Waals surface area contributed by atoms with Crippen molar-refractivity contribution in [2.45, 2.75) is 77.9 Å². The molecule has 1 unspecified atom stereocenters. The van der Waals surface area contributed by atoms with Gasteiger partial charge in [0.1, 0.15) is 0 Å². The smallest absolute Gasteiger partial charge is 0.0945 e. The molecule has 110 valence electrons. The third-order valence-corrected chi connectivity index (χ3v) is 3.50. The molecule has 1 aromatic rings. The molecule has 0 aromatic carbocycles. The zero-order valence-corrected chi connectivity index (χ0v) is 12.7. The summed E-state index contributed by atoms with van der Waals surface area (Å²) in [6, 6.07) is 0. The first-order valence-electron chi connectivity index (χ1n) is 7.94. The highest BCUT2D eigenvalue weighted by Crippen LogP contribution is 2.12. The van der Waals surface area contributed by atoms with E-state index in [1.54, 1.807) is 0 Å². The standard InChI is InChI=1S/C16H30N2O/c1-3-5-7-8-14-19-16(9-6-4-2)10-12-18-13-11-17-15-18/h11,13,15-16H,3-10,12,14H2,1-2H3. The van der Waals surface area contributed by atoms with Gasteiger partial charge in [0, 0.05) is 25.5 Å². The van der Waals surface area contributed by atoms with E-state index in [1.807, 2.05) is 18.7 Å². The van der Waals surface area contributed by atoms with Gasteiger partial charge < -0.3 is 9.30 Å². The summed E-state index contributed by atoms with van der Waals surface area (Å²) < 4.78 is 8.19. The van der Waals surface area contributed by atoms with E-state index in [1.165, 1.54) is 44.9 Å². The molecule has 0 aliphatic rings. The fraction of sp³-hybridized carbons (Fsp3) is 0.812. The Morgan fingerprint density at radius 3 is 2.58 bits per heavy atom. The molecule has 0 bridgehead atoms. The Morgan fingerprint density at radius 2 is 1.89 bits per heavy atom. The van der Waals surface area contributed by atoms with Crippen LogP contribution < -0.4 is 0 Å². The normalized spacial score (nSPS) is 12.7. The topological polar surface area (TPSA) is 27.1 Å². The lowest BCUT2D eigenvalue weighted by Gasteiger charge is -2.18. The van der Waals surface area contributed by atoms with Crippen LogP contribution in [0.3, 0.4) is 0 Å². The average Bonchev–Trinajstić information content (AvgIpc) is 2.94. The highest BCUT2D eigenvalue weighted by atomic mass is 16.5. The van der Waals surface area contributed by atoms with Gasteiger partial charge in [-0.15, -0.1) is 0 Å². The van der Waals surface area contributed by atoms with E-state index in [0.717, 1.165) is 19.6 Å². The van der Waals surface area contributed by atoms with Crippen molar-refractivity contribution in [3.63, 3.8) is 0 Å². The average molecular weight is 266 g/mol. The third-order valence-electron chi connectivity index (χ3n) is 3.50. The van der Waals surface area contributed by atoms with Crippen molar-refractivity contribution in [2.75, 3.05) is 6.61 Å². The predicted molar refractivity (Wildman–Crippen MR) is 80.3 cm³/mol. The highest BCUT2D eigenvalue weighted by Gasteiger charge is 2.08. The molecule has 1 rings (SSSR count). The zero-order chi connectivity index (χ0) is 13.8. The van der Waals surface area contributed by atoms with Gasteiger partial charge in [-0.3, -0.25) is 0 Å². The molecule has 0 aliphatic heterocycles. The molecule has 3 nitrogen and oxygen atoms in total. The zero-order valence-electron chi connectivity index (χ0n) is 12.7. The quantitative estimate of drug-likeness (QED) is 0.523. The van der Waals surface area contributed by atoms with Gasteiger partial charge in [-0.2, -0.15) is 0 Å². The van der Waals surface area contributed by atoms with Crippen molar-refractivity contribution in [3.8, 4) is 0 Å². The number of aromatic nitrogens is 2. The van der Waals surface area contributed by atoms with Crippen LogP contribution in [0.2, 0.25) is 0 Å². The lowest BCUT2D eigenvalue weighted by molar-refractivity contribution is 0.0350. The molecule has 0 spiro atoms. The van der Waals surface area contributed by atoms with Crippen molar-refractivity contribution < 1.29 is 4.74 Å². The maximum atomic E-state index is 6.06. The Kier molecular flexibility index (Phi) is 9.42. The molecule has 0 saturated carbocycles. The van der Waals surface area contributed by atoms with Gasteiger partial charge >= 0.3 is 0 Å². The van der Waals surface area contributed by atoms with Gasteiger partial charge in [0.2, 0.25) is 0 Å². The second-order valence-electron chi connectivity index (χ2n) is 5.28.